The molecule has 0 saturated carbocycles. The van der Waals surface area contributed by atoms with E-state index in [0.717, 1.165) is 5.69 Å². The van der Waals surface area contributed by atoms with Crippen LogP contribution < -0.4 is 0 Å². The van der Waals surface area contributed by atoms with E-state index in [2.05, 4.69) is 80.6 Å². The van der Waals surface area contributed by atoms with E-state index in [1.54, 1.807) is 0 Å². The Balaban J connectivity index is 0.000000706. The molecule has 0 heterocycles. The first-order valence-electron chi connectivity index (χ1n) is 9.23. The first kappa shape index (κ1) is 21.2. The van der Waals surface area contributed by atoms with Gasteiger partial charge < -0.3 is 5.32 Å². The van der Waals surface area contributed by atoms with E-state index in [-0.39, 0.29) is 6.04 Å². The zero-order valence-electron chi connectivity index (χ0n) is 15.9. The normalized spacial score (nSPS) is 15.6. The van der Waals surface area contributed by atoms with Crippen LogP contribution in [0.25, 0.3) is 11.4 Å². The van der Waals surface area contributed by atoms with Gasteiger partial charge in [-0.25, -0.2) is 0 Å². The average Bonchev–Trinajstić information content (AvgIpc) is 3.05. The van der Waals surface area contributed by atoms with Gasteiger partial charge in [-0.1, -0.05) is 109 Å². The number of allylic oxidation sites excluding steroid dienone is 1. The maximum atomic E-state index is 4.92. The van der Waals surface area contributed by atoms with Crippen LogP contribution in [0.4, 0.5) is 5.69 Å². The number of para-hydroxylation sites is 1. The summed E-state index contributed by atoms with van der Waals surface area (Å²) in [7, 11) is 9.78. The molecule has 1 aliphatic carbocycles. The first-order valence-corrected chi connectivity index (χ1v) is 13.5. The van der Waals surface area contributed by atoms with Gasteiger partial charge in [0, 0.05) is 5.92 Å². The molecule has 3 aromatic carbocycles. The Labute approximate surface area is 184 Å². The van der Waals surface area contributed by atoms with Gasteiger partial charge in [-0.3, -0.25) is 0 Å². The molecule has 142 valence electrons. The first-order chi connectivity index (χ1) is 13.7. The Morgan fingerprint density at radius 3 is 2.11 bits per heavy atom. The van der Waals surface area contributed by atoms with Gasteiger partial charge in [-0.05, 0) is 23.6 Å². The number of hydrogen-bond donors (Lipinski definition) is 0. The summed E-state index contributed by atoms with van der Waals surface area (Å²) in [6.45, 7) is 4.42. The van der Waals surface area contributed by atoms with E-state index in [0.29, 0.717) is 5.92 Å². The summed E-state index contributed by atoms with van der Waals surface area (Å²) < 4.78 is 0. The van der Waals surface area contributed by atoms with Crippen molar-refractivity contribution in [1.29, 1.82) is 0 Å². The number of fused-ring (bicyclic) bond motifs is 1. The van der Waals surface area contributed by atoms with Crippen molar-refractivity contribution >= 4 is 30.4 Å². The quantitative estimate of drug-likeness (QED) is 0.360. The fourth-order valence-electron chi connectivity index (χ4n) is 3.85. The summed E-state index contributed by atoms with van der Waals surface area (Å²) >= 11 is -0.556. The van der Waals surface area contributed by atoms with Crippen molar-refractivity contribution in [2.24, 2.45) is 0 Å². The Morgan fingerprint density at radius 2 is 1.39 bits per heavy atom. The summed E-state index contributed by atoms with van der Waals surface area (Å²) in [6.07, 6.45) is 2.32. The van der Waals surface area contributed by atoms with Crippen LogP contribution in [0.1, 0.15) is 48.1 Å². The molecule has 4 heteroatoms. The fraction of sp³-hybridized carbons (Fsp3) is 0.167. The molecule has 28 heavy (non-hydrogen) atoms. The van der Waals surface area contributed by atoms with Gasteiger partial charge in [0.1, 0.15) is 0 Å². The summed E-state index contributed by atoms with van der Waals surface area (Å²) in [5, 5.41) is 4.92. The third-order valence-corrected chi connectivity index (χ3v) is 5.00. The van der Waals surface area contributed by atoms with Crippen molar-refractivity contribution in [2.45, 2.75) is 25.8 Å². The predicted molar refractivity (Wildman–Crippen MR) is 118 cm³/mol. The summed E-state index contributed by atoms with van der Waals surface area (Å²) in [6, 6.07) is 27.8. The number of rotatable bonds is 4. The van der Waals surface area contributed by atoms with Crippen LogP contribution in [-0.2, 0) is 17.0 Å². The summed E-state index contributed by atoms with van der Waals surface area (Å²) in [5.74, 6) is 0.334. The van der Waals surface area contributed by atoms with Gasteiger partial charge in [0.25, 0.3) is 0 Å². The minimum atomic E-state index is -0.556. The Kier molecular flexibility index (Phi) is 7.82. The van der Waals surface area contributed by atoms with Crippen molar-refractivity contribution in [3.05, 3.63) is 112 Å². The van der Waals surface area contributed by atoms with E-state index in [1.165, 1.54) is 27.8 Å². The van der Waals surface area contributed by atoms with Gasteiger partial charge in [-0.2, -0.15) is 0 Å². The molecule has 0 aliphatic heterocycles. The summed E-state index contributed by atoms with van der Waals surface area (Å²) in [5.41, 5.74) is 7.85. The molecule has 0 fully saturated rings. The van der Waals surface area contributed by atoms with Gasteiger partial charge in [0.15, 0.2) is 0 Å². The Morgan fingerprint density at radius 1 is 0.821 bits per heavy atom. The standard InChI is InChI=1S/C24H22N.2ClH.Ti/c1-17-16-19-10-6-7-14-22(19)24(17)23-15-9-8-13-21(23)18(2)25-20-11-4-3-5-12-20;;;/h3-16,18,24H,1-2H3;2*1H;/q-1;;;+2/p-2. The molecular formula is C24H22Cl2NTi-. The van der Waals surface area contributed by atoms with E-state index in [4.69, 9.17) is 23.9 Å². The monoisotopic (exact) mass is 442 g/mol. The van der Waals surface area contributed by atoms with Gasteiger partial charge >= 0.3 is 35.6 Å². The van der Waals surface area contributed by atoms with Crippen molar-refractivity contribution in [3.8, 4) is 0 Å². The zero-order chi connectivity index (χ0) is 19.9. The number of halogens is 2. The zero-order valence-corrected chi connectivity index (χ0v) is 19.0. The van der Waals surface area contributed by atoms with Gasteiger partial charge in [-0.15, -0.1) is 5.69 Å². The molecule has 0 saturated heterocycles. The average molecular weight is 443 g/mol. The molecule has 1 nitrogen and oxygen atoms in total. The molecule has 0 bridgehead atoms. The van der Waals surface area contributed by atoms with Crippen LogP contribution in [0, 0.1) is 0 Å². The molecule has 0 spiro atoms. The summed E-state index contributed by atoms with van der Waals surface area (Å²) in [4.78, 5) is 0. The van der Waals surface area contributed by atoms with Crippen LogP contribution in [0.2, 0.25) is 0 Å². The predicted octanol–water partition coefficient (Wildman–Crippen LogP) is 8.38. The van der Waals surface area contributed by atoms with E-state index < -0.39 is 17.0 Å². The van der Waals surface area contributed by atoms with Crippen molar-refractivity contribution in [2.75, 3.05) is 0 Å². The minimum absolute atomic E-state index is 0.124. The van der Waals surface area contributed by atoms with Crippen LogP contribution in [0.15, 0.2) is 84.4 Å². The van der Waals surface area contributed by atoms with Crippen LogP contribution in [-0.4, -0.2) is 0 Å². The van der Waals surface area contributed by atoms with Crippen molar-refractivity contribution in [1.82, 2.24) is 0 Å². The molecule has 3 aromatic rings. The topological polar surface area (TPSA) is 14.1 Å². The van der Waals surface area contributed by atoms with Crippen molar-refractivity contribution < 1.29 is 17.0 Å². The molecule has 0 radical (unpaired) electrons. The molecular weight excluding hydrogens is 421 g/mol. The molecule has 1 aliphatic rings. The second kappa shape index (κ2) is 10.3. The van der Waals surface area contributed by atoms with Gasteiger partial charge in [0.2, 0.25) is 0 Å². The Hall–Kier alpha value is -1.51. The van der Waals surface area contributed by atoms with Crippen LogP contribution in [0.3, 0.4) is 0 Å². The van der Waals surface area contributed by atoms with Crippen molar-refractivity contribution in [3.63, 3.8) is 0 Å². The fourth-order valence-corrected chi connectivity index (χ4v) is 3.85. The van der Waals surface area contributed by atoms with Gasteiger partial charge in [0.05, 0.1) is 0 Å². The third-order valence-electron chi connectivity index (χ3n) is 5.00. The van der Waals surface area contributed by atoms with E-state index in [1.807, 2.05) is 18.2 Å². The number of benzene rings is 3. The molecule has 0 N–H and O–H groups in total. The molecule has 0 aromatic heterocycles. The number of hydrogen-bond acceptors (Lipinski definition) is 0. The molecule has 2 unspecified atom stereocenters. The molecule has 4 rings (SSSR count). The molecule has 2 atom stereocenters. The maximum absolute atomic E-state index is 4.92. The number of nitrogens with zero attached hydrogens (tertiary/aromatic N) is 1. The third kappa shape index (κ3) is 4.91. The second-order valence-electron chi connectivity index (χ2n) is 6.79. The Bertz CT molecular complexity index is 940. The van der Waals surface area contributed by atoms with E-state index in [9.17, 15) is 0 Å². The second-order valence-corrected chi connectivity index (χ2v) is 9.37. The van der Waals surface area contributed by atoms with Crippen LogP contribution >= 0.6 is 18.6 Å². The van der Waals surface area contributed by atoms with Crippen LogP contribution in [0.5, 0.6) is 0 Å². The van der Waals surface area contributed by atoms with E-state index >= 15 is 0 Å². The molecule has 0 amide bonds. The SMILES string of the molecule is CC1=Cc2ccccc2C1c1ccccc1C(C)[N-]c1ccccc1.[Cl][Ti][Cl].